The van der Waals surface area contributed by atoms with E-state index in [0.29, 0.717) is 0 Å². The van der Waals surface area contributed by atoms with E-state index in [2.05, 4.69) is 49.4 Å². The minimum absolute atomic E-state index is 0.875. The summed E-state index contributed by atoms with van der Waals surface area (Å²) in [6, 6.07) is 16.3. The smallest absolute Gasteiger partial charge is 0.188 e. The summed E-state index contributed by atoms with van der Waals surface area (Å²) in [7, 11) is 0. The zero-order valence-corrected chi connectivity index (χ0v) is 13.3. The third kappa shape index (κ3) is 2.50. The number of hydrogen-bond donors (Lipinski definition) is 1. The molecule has 21 heavy (non-hydrogen) atoms. The van der Waals surface area contributed by atoms with E-state index >= 15 is 0 Å². The lowest BCUT2D eigenvalue weighted by molar-refractivity contribution is 1.38. The Kier molecular flexibility index (Phi) is 3.09. The number of nitrogens with one attached hydrogen (secondary N) is 1. The molecule has 0 aliphatic rings. The first kappa shape index (κ1) is 12.7. The quantitative estimate of drug-likeness (QED) is 0.526. The van der Waals surface area contributed by atoms with Crippen LogP contribution < -0.4 is 5.32 Å². The van der Waals surface area contributed by atoms with Crippen LogP contribution in [0.1, 0.15) is 0 Å². The number of fused-ring (bicyclic) bond motifs is 2. The Morgan fingerprint density at radius 1 is 1.00 bits per heavy atom. The molecule has 0 bridgehead atoms. The van der Waals surface area contributed by atoms with Crippen LogP contribution in [0.4, 0.5) is 10.8 Å². The van der Waals surface area contributed by atoms with Crippen LogP contribution in [-0.4, -0.2) is 9.97 Å². The van der Waals surface area contributed by atoms with E-state index in [4.69, 9.17) is 0 Å². The second kappa shape index (κ2) is 5.09. The minimum Gasteiger partial charge on any atom is -0.330 e. The van der Waals surface area contributed by atoms with Gasteiger partial charge in [-0.15, -0.1) is 0 Å². The van der Waals surface area contributed by atoms with Crippen molar-refractivity contribution in [3.63, 3.8) is 0 Å². The van der Waals surface area contributed by atoms with Gasteiger partial charge >= 0.3 is 0 Å². The van der Waals surface area contributed by atoms with Gasteiger partial charge in [0.15, 0.2) is 5.13 Å². The average Bonchev–Trinajstić information content (AvgIpc) is 2.88. The normalized spacial score (nSPS) is 11.1. The minimum atomic E-state index is 0.875. The third-order valence-electron chi connectivity index (χ3n) is 3.19. The first-order valence-corrected chi connectivity index (χ1v) is 8.07. The van der Waals surface area contributed by atoms with Gasteiger partial charge in [-0.2, -0.15) is 0 Å². The molecule has 4 rings (SSSR count). The van der Waals surface area contributed by atoms with Crippen molar-refractivity contribution in [2.24, 2.45) is 0 Å². The molecular formula is C16H10BrN3S. The van der Waals surface area contributed by atoms with Gasteiger partial charge in [0.25, 0.3) is 0 Å². The largest absolute Gasteiger partial charge is 0.330 e. The standard InChI is InChI=1S/C16H10BrN3S/c17-11-5-6-14-15(8-11)21-16(20-14)19-12-7-10-3-1-2-4-13(10)18-9-12/h1-9H,(H,19,20). The Bertz CT molecular complexity index is 948. The molecule has 102 valence electrons. The molecule has 3 nitrogen and oxygen atoms in total. The summed E-state index contributed by atoms with van der Waals surface area (Å²) in [5, 5.41) is 5.33. The maximum atomic E-state index is 4.59. The fourth-order valence-corrected chi connectivity index (χ4v) is 3.65. The molecule has 0 saturated heterocycles. The highest BCUT2D eigenvalue weighted by Gasteiger charge is 2.05. The number of thiazole rings is 1. The van der Waals surface area contributed by atoms with Crippen LogP contribution in [0.25, 0.3) is 21.1 Å². The Balaban J connectivity index is 1.71. The highest BCUT2D eigenvalue weighted by molar-refractivity contribution is 9.10. The topological polar surface area (TPSA) is 37.8 Å². The monoisotopic (exact) mass is 355 g/mol. The summed E-state index contributed by atoms with van der Waals surface area (Å²) in [6.07, 6.45) is 1.84. The zero-order chi connectivity index (χ0) is 14.2. The summed E-state index contributed by atoms with van der Waals surface area (Å²) >= 11 is 5.12. The Morgan fingerprint density at radius 2 is 1.90 bits per heavy atom. The SMILES string of the molecule is Brc1ccc2nc(Nc3cnc4ccccc4c3)sc2c1. The molecule has 0 spiro atoms. The van der Waals surface area contributed by atoms with E-state index in [0.717, 1.165) is 36.4 Å². The summed E-state index contributed by atoms with van der Waals surface area (Å²) in [5.41, 5.74) is 2.95. The molecule has 0 unspecified atom stereocenters. The van der Waals surface area contributed by atoms with Crippen LogP contribution in [0, 0.1) is 0 Å². The first-order valence-electron chi connectivity index (χ1n) is 6.46. The number of benzene rings is 2. The number of nitrogens with zero attached hydrogens (tertiary/aromatic N) is 2. The average molecular weight is 356 g/mol. The van der Waals surface area contributed by atoms with Crippen molar-refractivity contribution in [1.29, 1.82) is 0 Å². The van der Waals surface area contributed by atoms with Crippen molar-refractivity contribution in [2.45, 2.75) is 0 Å². The number of pyridine rings is 1. The van der Waals surface area contributed by atoms with E-state index in [9.17, 15) is 0 Å². The number of hydrogen-bond acceptors (Lipinski definition) is 4. The third-order valence-corrected chi connectivity index (χ3v) is 4.62. The van der Waals surface area contributed by atoms with E-state index in [1.54, 1.807) is 11.3 Å². The van der Waals surface area contributed by atoms with Crippen LogP contribution in [0.5, 0.6) is 0 Å². The van der Waals surface area contributed by atoms with Crippen molar-refractivity contribution < 1.29 is 0 Å². The molecule has 0 atom stereocenters. The maximum absolute atomic E-state index is 4.59. The number of rotatable bonds is 2. The molecular weight excluding hydrogens is 346 g/mol. The van der Waals surface area contributed by atoms with Gasteiger partial charge in [-0.3, -0.25) is 4.98 Å². The molecule has 0 saturated carbocycles. The molecule has 0 amide bonds. The molecule has 5 heteroatoms. The Labute approximate surface area is 133 Å². The lowest BCUT2D eigenvalue weighted by Gasteiger charge is -2.03. The van der Waals surface area contributed by atoms with Crippen LogP contribution in [0.15, 0.2) is 59.2 Å². The van der Waals surface area contributed by atoms with Gasteiger partial charge in [0, 0.05) is 9.86 Å². The van der Waals surface area contributed by atoms with E-state index in [1.807, 2.05) is 36.5 Å². The second-order valence-electron chi connectivity index (χ2n) is 4.67. The molecule has 2 heterocycles. The summed E-state index contributed by atoms with van der Waals surface area (Å²) in [5.74, 6) is 0. The highest BCUT2D eigenvalue weighted by atomic mass is 79.9. The fraction of sp³-hybridized carbons (Fsp3) is 0. The second-order valence-corrected chi connectivity index (χ2v) is 6.62. The van der Waals surface area contributed by atoms with Crippen molar-refractivity contribution >= 4 is 59.2 Å². The summed E-state index contributed by atoms with van der Waals surface area (Å²) in [4.78, 5) is 9.04. The van der Waals surface area contributed by atoms with Gasteiger partial charge in [0.2, 0.25) is 0 Å². The van der Waals surface area contributed by atoms with Gasteiger partial charge in [-0.1, -0.05) is 45.5 Å². The molecule has 0 radical (unpaired) electrons. The Morgan fingerprint density at radius 3 is 2.86 bits per heavy atom. The number of para-hydroxylation sites is 1. The molecule has 4 aromatic rings. The van der Waals surface area contributed by atoms with Crippen molar-refractivity contribution in [3.8, 4) is 0 Å². The predicted octanol–water partition coefficient (Wildman–Crippen LogP) is 5.35. The molecule has 2 aromatic heterocycles. The lowest BCUT2D eigenvalue weighted by atomic mass is 10.2. The lowest BCUT2D eigenvalue weighted by Crippen LogP contribution is -1.90. The van der Waals surface area contributed by atoms with Gasteiger partial charge < -0.3 is 5.32 Å². The van der Waals surface area contributed by atoms with Crippen LogP contribution >= 0.6 is 27.3 Å². The number of aromatic nitrogens is 2. The predicted molar refractivity (Wildman–Crippen MR) is 92.3 cm³/mol. The van der Waals surface area contributed by atoms with Crippen molar-refractivity contribution in [1.82, 2.24) is 9.97 Å². The molecule has 0 aliphatic heterocycles. The van der Waals surface area contributed by atoms with Crippen LogP contribution in [0.3, 0.4) is 0 Å². The zero-order valence-electron chi connectivity index (χ0n) is 10.9. The van der Waals surface area contributed by atoms with Crippen molar-refractivity contribution in [2.75, 3.05) is 5.32 Å². The Hall–Kier alpha value is -1.98. The van der Waals surface area contributed by atoms with Gasteiger partial charge in [-0.25, -0.2) is 4.98 Å². The van der Waals surface area contributed by atoms with Crippen LogP contribution in [-0.2, 0) is 0 Å². The van der Waals surface area contributed by atoms with Crippen molar-refractivity contribution in [3.05, 3.63) is 59.2 Å². The molecule has 2 aromatic carbocycles. The number of halogens is 1. The summed E-state index contributed by atoms with van der Waals surface area (Å²) < 4.78 is 2.22. The molecule has 0 aliphatic carbocycles. The molecule has 0 fully saturated rings. The first-order chi connectivity index (χ1) is 10.3. The van der Waals surface area contributed by atoms with Gasteiger partial charge in [0.1, 0.15) is 0 Å². The number of anilines is 2. The van der Waals surface area contributed by atoms with Crippen LogP contribution in [0.2, 0.25) is 0 Å². The van der Waals surface area contributed by atoms with Gasteiger partial charge in [0.05, 0.1) is 27.6 Å². The van der Waals surface area contributed by atoms with E-state index < -0.39 is 0 Å². The fourth-order valence-electron chi connectivity index (χ4n) is 2.21. The van der Waals surface area contributed by atoms with E-state index in [1.165, 1.54) is 0 Å². The molecule has 1 N–H and O–H groups in total. The van der Waals surface area contributed by atoms with Gasteiger partial charge in [-0.05, 0) is 30.3 Å². The highest BCUT2D eigenvalue weighted by Crippen LogP contribution is 2.30. The van der Waals surface area contributed by atoms with E-state index in [-0.39, 0.29) is 0 Å². The summed E-state index contributed by atoms with van der Waals surface area (Å²) in [6.45, 7) is 0. The maximum Gasteiger partial charge on any atom is 0.188 e.